The van der Waals surface area contributed by atoms with Crippen molar-refractivity contribution < 1.29 is 27.6 Å². The van der Waals surface area contributed by atoms with Crippen LogP contribution in [0.1, 0.15) is 54.1 Å². The van der Waals surface area contributed by atoms with E-state index in [1.165, 1.54) is 17.2 Å². The number of aliphatic imine (C=N–C) groups is 1. The summed E-state index contributed by atoms with van der Waals surface area (Å²) in [6, 6.07) is 13.2. The van der Waals surface area contributed by atoms with E-state index in [0.29, 0.717) is 60.2 Å². The van der Waals surface area contributed by atoms with Gasteiger partial charge in [-0.05, 0) is 79.6 Å². The third-order valence-corrected chi connectivity index (χ3v) is 9.36. The Balaban J connectivity index is 1.12. The largest absolute Gasteiger partial charge is 0.398 e. The Morgan fingerprint density at radius 3 is 2.49 bits per heavy atom. The highest BCUT2D eigenvalue weighted by Gasteiger charge is 2.54. The summed E-state index contributed by atoms with van der Waals surface area (Å²) in [6.45, 7) is 3.87. The first kappa shape index (κ1) is 32.8. The smallest absolute Gasteiger partial charge is 0.330 e. The normalized spacial score (nSPS) is 24.7. The molecule has 3 heterocycles. The molecule has 8 nitrogen and oxygen atoms in total. The second-order valence-corrected chi connectivity index (χ2v) is 12.6. The second kappa shape index (κ2) is 13.4. The van der Waals surface area contributed by atoms with Gasteiger partial charge in [-0.1, -0.05) is 41.9 Å². The number of nitrogens with zero attached hydrogens (tertiary/aromatic N) is 3. The number of nitrogens with one attached hydrogen (secondary N) is 2. The minimum Gasteiger partial charge on any atom is -0.330 e. The molecule has 2 aromatic rings. The van der Waals surface area contributed by atoms with Crippen LogP contribution in [0.4, 0.5) is 13.2 Å². The lowest BCUT2D eigenvalue weighted by atomic mass is 9.84. The van der Waals surface area contributed by atoms with E-state index < -0.39 is 29.7 Å². The lowest BCUT2D eigenvalue weighted by Crippen LogP contribution is -2.57. The number of likely N-dealkylation sites (N-methyl/N-ethyl adjacent to an activating group) is 1. The number of alkyl halides is 3. The van der Waals surface area contributed by atoms with Gasteiger partial charge in [-0.3, -0.25) is 29.6 Å². The number of hydrogen-bond acceptors (Lipinski definition) is 6. The molecule has 45 heavy (non-hydrogen) atoms. The number of dihydropyridines is 1. The maximum absolute atomic E-state index is 14.4. The highest BCUT2D eigenvalue weighted by Crippen LogP contribution is 2.44. The monoisotopic (exact) mass is 643 g/mol. The van der Waals surface area contributed by atoms with Gasteiger partial charge in [0.1, 0.15) is 17.6 Å². The van der Waals surface area contributed by atoms with Gasteiger partial charge in [0.25, 0.3) is 5.91 Å². The van der Waals surface area contributed by atoms with E-state index in [0.717, 1.165) is 18.4 Å². The SMILES string of the molecule is CN(C(=O)c1ccc(CNCC2CCN(C3(C)N=CC(c4cccc(Cl)c4)=CC3C(F)(F)F)CC2)cc1)C1CCC(=O)NC1=O. The summed E-state index contributed by atoms with van der Waals surface area (Å²) in [4.78, 5) is 44.2. The van der Waals surface area contributed by atoms with Gasteiger partial charge in [-0.25, -0.2) is 0 Å². The second-order valence-electron chi connectivity index (χ2n) is 12.1. The average Bonchev–Trinajstić information content (AvgIpc) is 3.01. The Hall–Kier alpha value is -3.54. The fourth-order valence-electron chi connectivity index (χ4n) is 6.36. The topological polar surface area (TPSA) is 94.1 Å². The van der Waals surface area contributed by atoms with Gasteiger partial charge in [-0.15, -0.1) is 0 Å². The van der Waals surface area contributed by atoms with Crippen LogP contribution in [0.2, 0.25) is 5.02 Å². The quantitative estimate of drug-likeness (QED) is 0.392. The number of allylic oxidation sites excluding steroid dienone is 1. The number of hydrogen-bond donors (Lipinski definition) is 2. The number of carbonyl (C=O) groups excluding carboxylic acids is 3. The summed E-state index contributed by atoms with van der Waals surface area (Å²) < 4.78 is 43.1. The number of benzene rings is 2. The molecule has 12 heteroatoms. The van der Waals surface area contributed by atoms with Crippen LogP contribution in [-0.4, -0.2) is 78.3 Å². The van der Waals surface area contributed by atoms with Crippen molar-refractivity contribution in [1.82, 2.24) is 20.4 Å². The van der Waals surface area contributed by atoms with Crippen molar-refractivity contribution in [1.29, 1.82) is 0 Å². The number of imide groups is 1. The van der Waals surface area contributed by atoms with Crippen molar-refractivity contribution in [3.8, 4) is 0 Å². The molecule has 0 spiro atoms. The zero-order valence-electron chi connectivity index (χ0n) is 25.2. The molecule has 2 aromatic carbocycles. The van der Waals surface area contributed by atoms with Crippen molar-refractivity contribution >= 4 is 41.1 Å². The average molecular weight is 644 g/mol. The summed E-state index contributed by atoms with van der Waals surface area (Å²) >= 11 is 6.07. The number of rotatable bonds is 8. The fourth-order valence-corrected chi connectivity index (χ4v) is 6.55. The number of amides is 3. The molecule has 3 amide bonds. The molecule has 2 N–H and O–H groups in total. The van der Waals surface area contributed by atoms with Crippen LogP contribution in [0.5, 0.6) is 0 Å². The van der Waals surface area contributed by atoms with E-state index in [1.807, 2.05) is 17.0 Å². The fraction of sp³-hybridized carbons (Fsp3) is 0.455. The van der Waals surface area contributed by atoms with E-state index in [-0.39, 0.29) is 18.2 Å². The molecule has 0 bridgehead atoms. The van der Waals surface area contributed by atoms with E-state index in [1.54, 1.807) is 50.4 Å². The highest BCUT2D eigenvalue weighted by molar-refractivity contribution is 6.31. The first-order valence-corrected chi connectivity index (χ1v) is 15.5. The first-order valence-electron chi connectivity index (χ1n) is 15.1. The zero-order chi connectivity index (χ0) is 32.4. The number of likely N-dealkylation sites (tertiary alicyclic amines) is 1. The predicted octanol–water partition coefficient (Wildman–Crippen LogP) is 5.08. The molecule has 0 radical (unpaired) electrons. The van der Waals surface area contributed by atoms with Crippen molar-refractivity contribution in [3.05, 3.63) is 76.3 Å². The Morgan fingerprint density at radius 2 is 1.84 bits per heavy atom. The van der Waals surface area contributed by atoms with E-state index >= 15 is 0 Å². The minimum absolute atomic E-state index is 0.196. The van der Waals surface area contributed by atoms with Gasteiger partial charge in [0, 0.05) is 49.9 Å². The first-order chi connectivity index (χ1) is 21.3. The number of carbonyl (C=O) groups is 3. The van der Waals surface area contributed by atoms with Gasteiger partial charge in [0.15, 0.2) is 0 Å². The van der Waals surface area contributed by atoms with Crippen LogP contribution in [-0.2, 0) is 16.1 Å². The predicted molar refractivity (Wildman–Crippen MR) is 167 cm³/mol. The van der Waals surface area contributed by atoms with E-state index in [4.69, 9.17) is 11.6 Å². The Kier molecular flexibility index (Phi) is 9.81. The van der Waals surface area contributed by atoms with E-state index in [9.17, 15) is 27.6 Å². The summed E-state index contributed by atoms with van der Waals surface area (Å²) in [5, 5.41) is 6.17. The third-order valence-electron chi connectivity index (χ3n) is 9.13. The highest BCUT2D eigenvalue weighted by atomic mass is 35.5. The van der Waals surface area contributed by atoms with Crippen molar-refractivity contribution in [3.63, 3.8) is 0 Å². The lowest BCUT2D eigenvalue weighted by molar-refractivity contribution is -0.195. The van der Waals surface area contributed by atoms with Crippen LogP contribution >= 0.6 is 11.6 Å². The molecule has 3 unspecified atom stereocenters. The van der Waals surface area contributed by atoms with Crippen LogP contribution in [0.25, 0.3) is 5.57 Å². The number of halogens is 4. The Labute approximate surface area is 265 Å². The van der Waals surface area contributed by atoms with Gasteiger partial charge in [0.05, 0.1) is 0 Å². The van der Waals surface area contributed by atoms with Gasteiger partial charge < -0.3 is 10.2 Å². The Bertz CT molecular complexity index is 1490. The summed E-state index contributed by atoms with van der Waals surface area (Å²) in [5.41, 5.74) is 1.02. The molecule has 2 saturated heterocycles. The van der Waals surface area contributed by atoms with Crippen LogP contribution in [0, 0.1) is 11.8 Å². The van der Waals surface area contributed by atoms with Crippen molar-refractivity contribution in [2.45, 2.75) is 57.0 Å². The van der Waals surface area contributed by atoms with Crippen LogP contribution < -0.4 is 10.6 Å². The van der Waals surface area contributed by atoms with Crippen LogP contribution in [0.3, 0.4) is 0 Å². The van der Waals surface area contributed by atoms with E-state index in [2.05, 4.69) is 15.6 Å². The number of piperidine rings is 2. The molecular weight excluding hydrogens is 607 g/mol. The van der Waals surface area contributed by atoms with Crippen molar-refractivity contribution in [2.75, 3.05) is 26.7 Å². The van der Waals surface area contributed by atoms with Crippen LogP contribution in [0.15, 0.2) is 59.6 Å². The molecule has 240 valence electrons. The standard InChI is InChI=1S/C33H37ClF3N5O3/c1-32(28(33(35,36)37)17-25(20-39-32)24-4-3-5-26(34)16-24)42-14-12-22(13-15-42)19-38-18-21-6-8-23(9-7-21)31(45)41(2)27-10-11-29(43)40-30(27)44/h3-9,16-17,20,22,27-28,38H,10-15,18-19H2,1-2H3,(H,40,43,44). The molecule has 3 aliphatic rings. The molecule has 2 fully saturated rings. The molecule has 0 saturated carbocycles. The summed E-state index contributed by atoms with van der Waals surface area (Å²) in [6.07, 6.45) is 0.328. The third kappa shape index (κ3) is 7.48. The lowest BCUT2D eigenvalue weighted by Gasteiger charge is -2.47. The van der Waals surface area contributed by atoms with Crippen molar-refractivity contribution in [2.24, 2.45) is 16.8 Å². The Morgan fingerprint density at radius 1 is 1.13 bits per heavy atom. The zero-order valence-corrected chi connectivity index (χ0v) is 26.0. The molecular formula is C33H37ClF3N5O3. The van der Waals surface area contributed by atoms with Gasteiger partial charge in [-0.2, -0.15) is 13.2 Å². The minimum atomic E-state index is -4.46. The summed E-state index contributed by atoms with van der Waals surface area (Å²) in [5.74, 6) is -2.53. The van der Waals surface area contributed by atoms with Gasteiger partial charge >= 0.3 is 6.18 Å². The maximum atomic E-state index is 14.4. The molecule has 3 aliphatic heterocycles. The molecule has 0 aromatic heterocycles. The molecule has 0 aliphatic carbocycles. The molecule has 5 rings (SSSR count). The summed E-state index contributed by atoms with van der Waals surface area (Å²) in [7, 11) is 1.56. The maximum Gasteiger partial charge on any atom is 0.398 e. The van der Waals surface area contributed by atoms with Gasteiger partial charge in [0.2, 0.25) is 11.8 Å². The molecule has 3 atom stereocenters.